The van der Waals surface area contributed by atoms with E-state index in [1.165, 1.54) is 0 Å². The van der Waals surface area contributed by atoms with Crippen LogP contribution >= 0.6 is 31.9 Å². The van der Waals surface area contributed by atoms with Crippen molar-refractivity contribution in [3.63, 3.8) is 0 Å². The Morgan fingerprint density at radius 1 is 0.593 bits per heavy atom. The molecule has 0 saturated heterocycles. The van der Waals surface area contributed by atoms with Crippen molar-refractivity contribution in [1.82, 2.24) is 21.7 Å². The molecule has 2 aromatic carbocycles. The molecule has 0 radical (unpaired) electrons. The minimum atomic E-state index is -0.740. The van der Waals surface area contributed by atoms with Gasteiger partial charge in [0, 0.05) is 20.1 Å². The fraction of sp³-hybridized carbons (Fsp3) is 0.0588. The van der Waals surface area contributed by atoms with E-state index in [9.17, 15) is 19.2 Å². The zero-order chi connectivity index (χ0) is 19.8. The third-order valence-electron chi connectivity index (χ3n) is 3.16. The molecule has 0 atom stereocenters. The number of nitrogens with one attached hydrogen (secondary N) is 4. The van der Waals surface area contributed by atoms with Crippen LogP contribution in [0.25, 0.3) is 0 Å². The molecular formula is C17H14Br2N4O4. The lowest BCUT2D eigenvalue weighted by molar-refractivity contribution is -0.130. The molecule has 0 aliphatic carbocycles. The van der Waals surface area contributed by atoms with E-state index in [2.05, 4.69) is 53.6 Å². The first-order chi connectivity index (χ1) is 12.8. The van der Waals surface area contributed by atoms with E-state index >= 15 is 0 Å². The standard InChI is InChI=1S/C17H14Br2N4O4/c18-12-5-1-10(2-6-12)16(26)22-20-14(24)9-15(25)21-23-17(27)11-3-7-13(19)8-4-11/h1-8H,9H2,(H,20,24)(H,21,25)(H,22,26)(H,23,27). The molecule has 0 aromatic heterocycles. The molecule has 0 aliphatic heterocycles. The summed E-state index contributed by atoms with van der Waals surface area (Å²) < 4.78 is 1.62. The highest BCUT2D eigenvalue weighted by atomic mass is 79.9. The number of carbonyl (C=O) groups is 4. The van der Waals surface area contributed by atoms with Crippen LogP contribution in [0.2, 0.25) is 0 Å². The van der Waals surface area contributed by atoms with Gasteiger partial charge < -0.3 is 0 Å². The smallest absolute Gasteiger partial charge is 0.269 e. The average molecular weight is 498 g/mol. The first-order valence-corrected chi connectivity index (χ1v) is 9.13. The minimum absolute atomic E-state index is 0.338. The predicted molar refractivity (Wildman–Crippen MR) is 104 cm³/mol. The van der Waals surface area contributed by atoms with Crippen LogP contribution in [0.4, 0.5) is 0 Å². The highest BCUT2D eigenvalue weighted by Gasteiger charge is 2.13. The number of benzene rings is 2. The monoisotopic (exact) mass is 496 g/mol. The highest BCUT2D eigenvalue weighted by Crippen LogP contribution is 2.10. The number of hydrogen-bond acceptors (Lipinski definition) is 4. The van der Waals surface area contributed by atoms with Gasteiger partial charge in [-0.1, -0.05) is 31.9 Å². The highest BCUT2D eigenvalue weighted by molar-refractivity contribution is 9.10. The van der Waals surface area contributed by atoms with Crippen LogP contribution in [0.3, 0.4) is 0 Å². The molecule has 4 amide bonds. The first kappa shape index (κ1) is 20.6. The van der Waals surface area contributed by atoms with E-state index < -0.39 is 30.0 Å². The molecular weight excluding hydrogens is 484 g/mol. The largest absolute Gasteiger partial charge is 0.273 e. The van der Waals surface area contributed by atoms with Crippen LogP contribution in [0.15, 0.2) is 57.5 Å². The van der Waals surface area contributed by atoms with Gasteiger partial charge in [0.15, 0.2) is 0 Å². The maximum atomic E-state index is 11.8. The maximum Gasteiger partial charge on any atom is 0.269 e. The van der Waals surface area contributed by atoms with Gasteiger partial charge in [-0.25, -0.2) is 0 Å². The fourth-order valence-corrected chi connectivity index (χ4v) is 2.36. The Balaban J connectivity index is 1.72. The summed E-state index contributed by atoms with van der Waals surface area (Å²) in [6, 6.07) is 13.0. The van der Waals surface area contributed by atoms with Gasteiger partial charge in [0.25, 0.3) is 11.8 Å². The van der Waals surface area contributed by atoms with Gasteiger partial charge >= 0.3 is 0 Å². The number of hydrogen-bond donors (Lipinski definition) is 4. The second kappa shape index (κ2) is 9.83. The van der Waals surface area contributed by atoms with Crippen molar-refractivity contribution in [2.45, 2.75) is 6.42 Å². The van der Waals surface area contributed by atoms with Gasteiger partial charge in [-0.05, 0) is 48.5 Å². The van der Waals surface area contributed by atoms with Gasteiger partial charge in [0.1, 0.15) is 6.42 Å². The summed E-state index contributed by atoms with van der Waals surface area (Å²) in [5, 5.41) is 0. The van der Waals surface area contributed by atoms with E-state index in [1.807, 2.05) is 0 Å². The average Bonchev–Trinajstić information content (AvgIpc) is 2.65. The Kier molecular flexibility index (Phi) is 7.50. The summed E-state index contributed by atoms with van der Waals surface area (Å²) in [7, 11) is 0. The molecule has 0 fully saturated rings. The van der Waals surface area contributed by atoms with Crippen LogP contribution in [-0.4, -0.2) is 23.6 Å². The summed E-state index contributed by atoms with van der Waals surface area (Å²) >= 11 is 6.50. The van der Waals surface area contributed by atoms with Crippen molar-refractivity contribution >= 4 is 55.5 Å². The van der Waals surface area contributed by atoms with Crippen LogP contribution in [0.1, 0.15) is 27.1 Å². The predicted octanol–water partition coefficient (Wildman–Crippen LogP) is 1.82. The zero-order valence-electron chi connectivity index (χ0n) is 13.7. The lowest BCUT2D eigenvalue weighted by atomic mass is 10.2. The summed E-state index contributed by atoms with van der Waals surface area (Å²) in [6.45, 7) is 0. The van der Waals surface area contributed by atoms with E-state index in [0.29, 0.717) is 11.1 Å². The van der Waals surface area contributed by atoms with E-state index in [-0.39, 0.29) is 0 Å². The quantitative estimate of drug-likeness (QED) is 0.381. The van der Waals surface area contributed by atoms with Crippen LogP contribution in [0.5, 0.6) is 0 Å². The molecule has 0 heterocycles. The molecule has 27 heavy (non-hydrogen) atoms. The Morgan fingerprint density at radius 3 is 1.26 bits per heavy atom. The second-order valence-electron chi connectivity index (χ2n) is 5.20. The lowest BCUT2D eigenvalue weighted by Crippen LogP contribution is -2.46. The lowest BCUT2D eigenvalue weighted by Gasteiger charge is -2.09. The summed E-state index contributed by atoms with van der Waals surface area (Å²) in [5.74, 6) is -2.54. The minimum Gasteiger partial charge on any atom is -0.273 e. The van der Waals surface area contributed by atoms with E-state index in [4.69, 9.17) is 0 Å². The molecule has 10 heteroatoms. The molecule has 0 aliphatic rings. The molecule has 0 unspecified atom stereocenters. The van der Waals surface area contributed by atoms with Crippen molar-refractivity contribution in [3.05, 3.63) is 68.6 Å². The number of amides is 4. The topological polar surface area (TPSA) is 116 Å². The number of halogens is 2. The Hall–Kier alpha value is -2.72. The van der Waals surface area contributed by atoms with Crippen molar-refractivity contribution < 1.29 is 19.2 Å². The molecule has 4 N–H and O–H groups in total. The number of rotatable bonds is 4. The Bertz CT molecular complexity index is 783. The summed E-state index contributed by atoms with van der Waals surface area (Å²) in [5.41, 5.74) is 9.31. The molecule has 140 valence electrons. The van der Waals surface area contributed by atoms with Crippen molar-refractivity contribution in [3.8, 4) is 0 Å². The summed E-state index contributed by atoms with van der Waals surface area (Å²) in [6.07, 6.45) is -0.582. The maximum absolute atomic E-state index is 11.8. The van der Waals surface area contributed by atoms with Crippen LogP contribution < -0.4 is 21.7 Å². The SMILES string of the molecule is O=C(CC(=O)NNC(=O)c1ccc(Br)cc1)NNC(=O)c1ccc(Br)cc1. The molecule has 0 saturated carbocycles. The van der Waals surface area contributed by atoms with Gasteiger partial charge in [0.2, 0.25) is 11.8 Å². The van der Waals surface area contributed by atoms with E-state index in [0.717, 1.165) is 8.95 Å². The summed E-state index contributed by atoms with van der Waals surface area (Å²) in [4.78, 5) is 47.0. The van der Waals surface area contributed by atoms with Crippen molar-refractivity contribution in [2.24, 2.45) is 0 Å². The first-order valence-electron chi connectivity index (χ1n) is 7.54. The van der Waals surface area contributed by atoms with Gasteiger partial charge in [-0.2, -0.15) is 0 Å². The van der Waals surface area contributed by atoms with Gasteiger partial charge in [0.05, 0.1) is 0 Å². The molecule has 0 bridgehead atoms. The normalized spacial score (nSPS) is 9.85. The van der Waals surface area contributed by atoms with Gasteiger partial charge in [-0.3, -0.25) is 40.9 Å². The van der Waals surface area contributed by atoms with Crippen LogP contribution in [0, 0.1) is 0 Å². The Morgan fingerprint density at radius 2 is 0.926 bits per heavy atom. The van der Waals surface area contributed by atoms with E-state index in [1.54, 1.807) is 48.5 Å². The number of hydrazine groups is 2. The molecule has 2 aromatic rings. The molecule has 2 rings (SSSR count). The second-order valence-corrected chi connectivity index (χ2v) is 7.03. The third kappa shape index (κ3) is 6.83. The van der Waals surface area contributed by atoms with Crippen LogP contribution in [-0.2, 0) is 9.59 Å². The third-order valence-corrected chi connectivity index (χ3v) is 4.22. The molecule has 0 spiro atoms. The zero-order valence-corrected chi connectivity index (χ0v) is 16.9. The Labute approximate surface area is 171 Å². The number of carbonyl (C=O) groups excluding carboxylic acids is 4. The molecule has 8 nitrogen and oxygen atoms in total. The van der Waals surface area contributed by atoms with Crippen molar-refractivity contribution in [1.29, 1.82) is 0 Å². The van der Waals surface area contributed by atoms with Crippen molar-refractivity contribution in [2.75, 3.05) is 0 Å². The van der Waals surface area contributed by atoms with Gasteiger partial charge in [-0.15, -0.1) is 0 Å². The fourth-order valence-electron chi connectivity index (χ4n) is 1.83.